The molecule has 0 bridgehead atoms. The van der Waals surface area contributed by atoms with Crippen molar-refractivity contribution in [2.45, 2.75) is 39.2 Å². The molecule has 114 valence electrons. The molecule has 20 heavy (non-hydrogen) atoms. The fourth-order valence-electron chi connectivity index (χ4n) is 2.50. The second-order valence-corrected chi connectivity index (χ2v) is 7.45. The molecule has 2 heterocycles. The summed E-state index contributed by atoms with van der Waals surface area (Å²) in [5.41, 5.74) is 1.36. The Morgan fingerprint density at radius 3 is 2.55 bits per heavy atom. The quantitative estimate of drug-likeness (QED) is 0.922. The van der Waals surface area contributed by atoms with E-state index in [0.29, 0.717) is 0 Å². The number of rotatable bonds is 4. The van der Waals surface area contributed by atoms with Crippen LogP contribution in [-0.4, -0.2) is 59.2 Å². The number of aliphatic hydroxyl groups excluding tert-OH is 1. The van der Waals surface area contributed by atoms with Crippen LogP contribution in [0.15, 0.2) is 5.38 Å². The summed E-state index contributed by atoms with van der Waals surface area (Å²) in [5, 5.41) is 12.5. The summed E-state index contributed by atoms with van der Waals surface area (Å²) in [6, 6.07) is 0. The van der Waals surface area contributed by atoms with E-state index in [9.17, 15) is 0 Å². The molecule has 1 aliphatic heterocycles. The van der Waals surface area contributed by atoms with Crippen LogP contribution in [0.1, 0.15) is 37.9 Å². The van der Waals surface area contributed by atoms with Crippen LogP contribution in [-0.2, 0) is 12.0 Å². The number of hydrogen-bond acceptors (Lipinski definition) is 5. The summed E-state index contributed by atoms with van der Waals surface area (Å²) in [6.07, 6.45) is 1.18. The molecule has 1 aromatic heterocycles. The highest BCUT2D eigenvalue weighted by molar-refractivity contribution is 7.09. The Morgan fingerprint density at radius 2 is 1.90 bits per heavy atom. The van der Waals surface area contributed by atoms with Crippen LogP contribution in [0.3, 0.4) is 0 Å². The van der Waals surface area contributed by atoms with Crippen LogP contribution in [0.2, 0.25) is 0 Å². The molecule has 0 atom stereocenters. The molecule has 0 radical (unpaired) electrons. The van der Waals surface area contributed by atoms with Crippen LogP contribution in [0, 0.1) is 0 Å². The lowest BCUT2D eigenvalue weighted by atomic mass is 9.98. The van der Waals surface area contributed by atoms with Crippen LogP contribution in [0.5, 0.6) is 0 Å². The molecule has 0 aromatic carbocycles. The molecule has 1 aromatic rings. The molecule has 1 N–H and O–H groups in total. The van der Waals surface area contributed by atoms with Gasteiger partial charge in [0.15, 0.2) is 0 Å². The van der Waals surface area contributed by atoms with Crippen molar-refractivity contribution in [2.24, 2.45) is 0 Å². The van der Waals surface area contributed by atoms with Crippen LogP contribution < -0.4 is 0 Å². The van der Waals surface area contributed by atoms with E-state index < -0.39 is 0 Å². The first-order valence-corrected chi connectivity index (χ1v) is 8.37. The lowest BCUT2D eigenvalue weighted by Gasteiger charge is -2.20. The summed E-state index contributed by atoms with van der Waals surface area (Å²) in [5.74, 6) is 0. The van der Waals surface area contributed by atoms with Gasteiger partial charge < -0.3 is 5.11 Å². The van der Waals surface area contributed by atoms with E-state index >= 15 is 0 Å². The molecule has 1 aliphatic rings. The Kier molecular flexibility index (Phi) is 5.55. The van der Waals surface area contributed by atoms with Gasteiger partial charge in [0.05, 0.1) is 17.3 Å². The topological polar surface area (TPSA) is 39.6 Å². The lowest BCUT2D eigenvalue weighted by Crippen LogP contribution is -2.32. The van der Waals surface area contributed by atoms with Crippen LogP contribution in [0.25, 0.3) is 0 Å². The number of aromatic nitrogens is 1. The highest BCUT2D eigenvalue weighted by atomic mass is 32.1. The molecule has 0 saturated carbocycles. The minimum Gasteiger partial charge on any atom is -0.395 e. The first kappa shape index (κ1) is 15.9. The summed E-state index contributed by atoms with van der Waals surface area (Å²) < 4.78 is 0. The zero-order chi connectivity index (χ0) is 14.6. The highest BCUT2D eigenvalue weighted by Gasteiger charge is 2.20. The number of hydrogen-bond donors (Lipinski definition) is 1. The van der Waals surface area contributed by atoms with Crippen molar-refractivity contribution < 1.29 is 5.11 Å². The first-order chi connectivity index (χ1) is 9.49. The molecular formula is C15H27N3OS. The van der Waals surface area contributed by atoms with Crippen molar-refractivity contribution in [2.75, 3.05) is 39.3 Å². The average Bonchev–Trinajstić information content (AvgIpc) is 2.73. The van der Waals surface area contributed by atoms with E-state index in [4.69, 9.17) is 10.1 Å². The monoisotopic (exact) mass is 297 g/mol. The largest absolute Gasteiger partial charge is 0.395 e. The molecule has 1 fully saturated rings. The fraction of sp³-hybridized carbons (Fsp3) is 0.800. The normalized spacial score (nSPS) is 19.2. The Bertz CT molecular complexity index is 413. The molecular weight excluding hydrogens is 270 g/mol. The molecule has 5 heteroatoms. The van der Waals surface area contributed by atoms with Gasteiger partial charge in [-0.3, -0.25) is 9.80 Å². The van der Waals surface area contributed by atoms with Gasteiger partial charge in [0, 0.05) is 37.0 Å². The predicted molar refractivity (Wildman–Crippen MR) is 84.2 cm³/mol. The zero-order valence-electron chi connectivity index (χ0n) is 12.9. The van der Waals surface area contributed by atoms with Gasteiger partial charge in [0.1, 0.15) is 0 Å². The SMILES string of the molecule is CC(C)(C)c1nc(CN2CCCN(CCO)CC2)cs1. The Morgan fingerprint density at radius 1 is 1.20 bits per heavy atom. The molecule has 2 rings (SSSR count). The second kappa shape index (κ2) is 6.98. The third kappa shape index (κ3) is 4.52. The van der Waals surface area contributed by atoms with Crippen molar-refractivity contribution in [3.8, 4) is 0 Å². The third-order valence-electron chi connectivity index (χ3n) is 3.68. The van der Waals surface area contributed by atoms with Gasteiger partial charge in [-0.05, 0) is 19.5 Å². The molecule has 0 aliphatic carbocycles. The standard InChI is InChI=1S/C15H27N3OS/c1-15(2,3)14-16-13(12-20-14)11-18-6-4-5-17(7-8-18)9-10-19/h12,19H,4-11H2,1-3H3. The minimum absolute atomic E-state index is 0.152. The Balaban J connectivity index is 1.88. The van der Waals surface area contributed by atoms with Gasteiger partial charge in [0.2, 0.25) is 0 Å². The molecule has 1 saturated heterocycles. The van der Waals surface area contributed by atoms with Crippen molar-refractivity contribution in [1.29, 1.82) is 0 Å². The minimum atomic E-state index is 0.152. The number of β-amino-alcohol motifs (C(OH)–C–C–N with tert-alkyl or cyclic N) is 1. The van der Waals surface area contributed by atoms with Crippen LogP contribution >= 0.6 is 11.3 Å². The fourth-order valence-corrected chi connectivity index (χ4v) is 3.40. The van der Waals surface area contributed by atoms with Gasteiger partial charge >= 0.3 is 0 Å². The summed E-state index contributed by atoms with van der Waals surface area (Å²) in [4.78, 5) is 9.62. The van der Waals surface area contributed by atoms with E-state index in [-0.39, 0.29) is 12.0 Å². The van der Waals surface area contributed by atoms with E-state index in [2.05, 4.69) is 36.0 Å². The van der Waals surface area contributed by atoms with E-state index in [1.54, 1.807) is 11.3 Å². The van der Waals surface area contributed by atoms with Gasteiger partial charge in [0.25, 0.3) is 0 Å². The van der Waals surface area contributed by atoms with Crippen molar-refractivity contribution in [3.63, 3.8) is 0 Å². The van der Waals surface area contributed by atoms with Crippen LogP contribution in [0.4, 0.5) is 0 Å². The van der Waals surface area contributed by atoms with Gasteiger partial charge in [-0.25, -0.2) is 4.98 Å². The first-order valence-electron chi connectivity index (χ1n) is 7.49. The number of thiazole rings is 1. The smallest absolute Gasteiger partial charge is 0.0982 e. The Labute approximate surface area is 126 Å². The van der Waals surface area contributed by atoms with Gasteiger partial charge in [-0.2, -0.15) is 0 Å². The van der Waals surface area contributed by atoms with Gasteiger partial charge in [-0.1, -0.05) is 20.8 Å². The molecule has 0 spiro atoms. The zero-order valence-corrected chi connectivity index (χ0v) is 13.7. The molecule has 4 nitrogen and oxygen atoms in total. The van der Waals surface area contributed by atoms with Crippen molar-refractivity contribution >= 4 is 11.3 Å². The highest BCUT2D eigenvalue weighted by Crippen LogP contribution is 2.26. The maximum absolute atomic E-state index is 9.03. The number of nitrogens with zero attached hydrogens (tertiary/aromatic N) is 3. The third-order valence-corrected chi connectivity index (χ3v) is 4.99. The molecule has 0 unspecified atom stereocenters. The second-order valence-electron chi connectivity index (χ2n) is 6.59. The number of aliphatic hydroxyl groups is 1. The van der Waals surface area contributed by atoms with E-state index in [1.807, 2.05) is 0 Å². The van der Waals surface area contributed by atoms with Crippen molar-refractivity contribution in [3.05, 3.63) is 16.1 Å². The van der Waals surface area contributed by atoms with E-state index in [1.165, 1.54) is 17.1 Å². The summed E-state index contributed by atoms with van der Waals surface area (Å²) in [7, 11) is 0. The van der Waals surface area contributed by atoms with Gasteiger partial charge in [-0.15, -0.1) is 11.3 Å². The average molecular weight is 297 g/mol. The summed E-state index contributed by atoms with van der Waals surface area (Å²) in [6.45, 7) is 13.0. The van der Waals surface area contributed by atoms with Crippen molar-refractivity contribution in [1.82, 2.24) is 14.8 Å². The lowest BCUT2D eigenvalue weighted by molar-refractivity contribution is 0.195. The predicted octanol–water partition coefficient (Wildman–Crippen LogP) is 1.94. The maximum Gasteiger partial charge on any atom is 0.0982 e. The van der Waals surface area contributed by atoms with E-state index in [0.717, 1.165) is 39.3 Å². The Hall–Kier alpha value is -0.490. The molecule has 0 amide bonds. The summed E-state index contributed by atoms with van der Waals surface area (Å²) >= 11 is 1.78. The maximum atomic E-state index is 9.03.